The van der Waals surface area contributed by atoms with Crippen molar-refractivity contribution in [2.75, 3.05) is 0 Å². The number of nitrogens with zero attached hydrogens (tertiary/aromatic N) is 1. The average molecular weight is 413 g/mol. The molecule has 1 heterocycles. The van der Waals surface area contributed by atoms with Crippen LogP contribution in [0.3, 0.4) is 0 Å². The third-order valence-corrected chi connectivity index (χ3v) is 4.49. The summed E-state index contributed by atoms with van der Waals surface area (Å²) in [6.07, 6.45) is 1.68. The van der Waals surface area contributed by atoms with Crippen LogP contribution in [0.2, 0.25) is 0 Å². The Labute approximate surface area is 173 Å². The van der Waals surface area contributed by atoms with E-state index in [0.717, 1.165) is 40.3 Å². The maximum atomic E-state index is 13.5. The summed E-state index contributed by atoms with van der Waals surface area (Å²) in [5.41, 5.74) is 4.32. The molecule has 0 radical (unpaired) electrons. The molecule has 29 heavy (non-hydrogen) atoms. The molecular weight excluding hydrogens is 394 g/mol. The highest BCUT2D eigenvalue weighted by Crippen LogP contribution is 2.28. The summed E-state index contributed by atoms with van der Waals surface area (Å²) >= 11 is 0. The molecule has 0 unspecified atom stereocenters. The molecule has 0 saturated carbocycles. The molecule has 0 bridgehead atoms. The first-order valence-corrected chi connectivity index (χ1v) is 8.88. The van der Waals surface area contributed by atoms with Crippen molar-refractivity contribution in [2.24, 2.45) is 0 Å². The van der Waals surface area contributed by atoms with E-state index in [0.29, 0.717) is 18.0 Å². The maximum absolute atomic E-state index is 13.5. The van der Waals surface area contributed by atoms with Crippen LogP contribution in [-0.4, -0.2) is 9.97 Å². The minimum Gasteiger partial charge on any atom is -0.489 e. The van der Waals surface area contributed by atoms with Crippen LogP contribution in [0.25, 0.3) is 22.6 Å². The van der Waals surface area contributed by atoms with E-state index in [1.807, 2.05) is 55.5 Å². The molecule has 0 atom stereocenters. The molecule has 1 N–H and O–H groups in total. The number of nitrogens with one attached hydrogen (secondary N) is 1. The molecule has 0 saturated heterocycles. The number of hydrogen-bond donors (Lipinski definition) is 1. The van der Waals surface area contributed by atoms with Gasteiger partial charge in [-0.3, -0.25) is 0 Å². The Morgan fingerprint density at radius 3 is 2.38 bits per heavy atom. The molecule has 0 aliphatic heterocycles. The second kappa shape index (κ2) is 8.88. The fourth-order valence-electron chi connectivity index (χ4n) is 2.97. The van der Waals surface area contributed by atoms with Gasteiger partial charge in [0.2, 0.25) is 0 Å². The molecular formula is C23H19ClF2N2O. The van der Waals surface area contributed by atoms with Crippen molar-refractivity contribution in [3.63, 3.8) is 0 Å². The molecule has 3 aromatic carbocycles. The fourth-order valence-corrected chi connectivity index (χ4v) is 2.97. The van der Waals surface area contributed by atoms with E-state index in [1.54, 1.807) is 6.20 Å². The van der Waals surface area contributed by atoms with Gasteiger partial charge in [0.15, 0.2) is 11.6 Å². The molecule has 0 aliphatic rings. The SMILES string of the molecule is Cc1cc(-c2cnc(-c3ccc(F)c(F)c3)[nH]2)ccc1OCc1ccccc1.Cl. The summed E-state index contributed by atoms with van der Waals surface area (Å²) < 4.78 is 32.5. The van der Waals surface area contributed by atoms with E-state index in [1.165, 1.54) is 6.07 Å². The minimum atomic E-state index is -0.897. The fraction of sp³-hybridized carbons (Fsp3) is 0.0870. The Kier molecular flexibility index (Phi) is 6.29. The first-order valence-electron chi connectivity index (χ1n) is 8.88. The number of hydrogen-bond acceptors (Lipinski definition) is 2. The number of benzene rings is 3. The zero-order valence-corrected chi connectivity index (χ0v) is 16.5. The van der Waals surface area contributed by atoms with Crippen LogP contribution in [0.5, 0.6) is 5.75 Å². The molecule has 4 aromatic rings. The Morgan fingerprint density at radius 2 is 1.66 bits per heavy atom. The molecule has 3 nitrogen and oxygen atoms in total. The number of halogens is 3. The Balaban J connectivity index is 0.00000240. The van der Waals surface area contributed by atoms with Crippen LogP contribution >= 0.6 is 12.4 Å². The van der Waals surface area contributed by atoms with E-state index in [-0.39, 0.29) is 12.4 Å². The van der Waals surface area contributed by atoms with Gasteiger partial charge in [0.25, 0.3) is 0 Å². The highest BCUT2D eigenvalue weighted by molar-refractivity contribution is 5.85. The predicted molar refractivity (Wildman–Crippen MR) is 112 cm³/mol. The van der Waals surface area contributed by atoms with E-state index in [9.17, 15) is 8.78 Å². The number of aryl methyl sites for hydroxylation is 1. The van der Waals surface area contributed by atoms with Gasteiger partial charge < -0.3 is 9.72 Å². The minimum absolute atomic E-state index is 0. The van der Waals surface area contributed by atoms with Gasteiger partial charge in [-0.25, -0.2) is 13.8 Å². The number of H-pyrrole nitrogens is 1. The summed E-state index contributed by atoms with van der Waals surface area (Å²) in [4.78, 5) is 7.44. The average Bonchev–Trinajstić information content (AvgIpc) is 3.20. The number of ether oxygens (including phenoxy) is 1. The van der Waals surface area contributed by atoms with Crippen LogP contribution in [0.1, 0.15) is 11.1 Å². The van der Waals surface area contributed by atoms with E-state index >= 15 is 0 Å². The third kappa shape index (κ3) is 4.63. The molecule has 4 rings (SSSR count). The third-order valence-electron chi connectivity index (χ3n) is 4.49. The van der Waals surface area contributed by atoms with E-state index in [4.69, 9.17) is 4.74 Å². The van der Waals surface area contributed by atoms with Gasteiger partial charge in [-0.1, -0.05) is 30.3 Å². The smallest absolute Gasteiger partial charge is 0.159 e. The van der Waals surface area contributed by atoms with Gasteiger partial charge in [0.05, 0.1) is 11.9 Å². The highest BCUT2D eigenvalue weighted by atomic mass is 35.5. The normalized spacial score (nSPS) is 10.4. The lowest BCUT2D eigenvalue weighted by Crippen LogP contribution is -1.97. The second-order valence-corrected chi connectivity index (χ2v) is 6.53. The van der Waals surface area contributed by atoms with Crippen molar-refractivity contribution >= 4 is 12.4 Å². The number of aromatic nitrogens is 2. The van der Waals surface area contributed by atoms with Crippen LogP contribution < -0.4 is 4.74 Å². The largest absolute Gasteiger partial charge is 0.489 e. The number of aromatic amines is 1. The van der Waals surface area contributed by atoms with Crippen molar-refractivity contribution in [2.45, 2.75) is 13.5 Å². The van der Waals surface area contributed by atoms with Gasteiger partial charge >= 0.3 is 0 Å². The summed E-state index contributed by atoms with van der Waals surface area (Å²) in [6.45, 7) is 2.49. The number of rotatable bonds is 5. The van der Waals surface area contributed by atoms with Crippen molar-refractivity contribution in [3.8, 4) is 28.4 Å². The summed E-state index contributed by atoms with van der Waals surface area (Å²) in [7, 11) is 0. The molecule has 0 amide bonds. The van der Waals surface area contributed by atoms with Gasteiger partial charge in [0, 0.05) is 11.1 Å². The lowest BCUT2D eigenvalue weighted by Gasteiger charge is -2.10. The van der Waals surface area contributed by atoms with Crippen molar-refractivity contribution in [1.29, 1.82) is 0 Å². The molecule has 0 aliphatic carbocycles. The summed E-state index contributed by atoms with van der Waals surface area (Å²) in [6, 6.07) is 19.6. The predicted octanol–water partition coefficient (Wildman–Crippen LogP) is 6.33. The molecule has 0 fully saturated rings. The zero-order chi connectivity index (χ0) is 19.5. The van der Waals surface area contributed by atoms with Crippen LogP contribution in [0.4, 0.5) is 8.78 Å². The van der Waals surface area contributed by atoms with Crippen LogP contribution in [-0.2, 0) is 6.61 Å². The van der Waals surface area contributed by atoms with Gasteiger partial charge in [-0.2, -0.15) is 0 Å². The van der Waals surface area contributed by atoms with E-state index < -0.39 is 11.6 Å². The van der Waals surface area contributed by atoms with Crippen LogP contribution in [0, 0.1) is 18.6 Å². The molecule has 148 valence electrons. The highest BCUT2D eigenvalue weighted by Gasteiger charge is 2.10. The molecule has 0 spiro atoms. The first kappa shape index (κ1) is 20.6. The summed E-state index contributed by atoms with van der Waals surface area (Å²) in [5.74, 6) is -0.479. The zero-order valence-electron chi connectivity index (χ0n) is 15.7. The Bertz CT molecular complexity index is 1110. The Morgan fingerprint density at radius 1 is 0.897 bits per heavy atom. The molecule has 1 aromatic heterocycles. The van der Waals surface area contributed by atoms with Crippen LogP contribution in [0.15, 0.2) is 72.9 Å². The van der Waals surface area contributed by atoms with Crippen molar-refractivity contribution in [3.05, 3.63) is 95.7 Å². The number of imidazole rings is 1. The standard InChI is InChI=1S/C23H18F2N2O.ClH/c1-15-11-17(8-10-22(15)28-14-16-5-3-2-4-6-16)21-13-26-23(27-21)18-7-9-19(24)20(25)12-18;/h2-13H,14H2,1H3,(H,26,27);1H. The lowest BCUT2D eigenvalue weighted by molar-refractivity contribution is 0.304. The van der Waals surface area contributed by atoms with Gasteiger partial charge in [0.1, 0.15) is 18.2 Å². The van der Waals surface area contributed by atoms with Gasteiger partial charge in [-0.05, 0) is 54.4 Å². The first-order chi connectivity index (χ1) is 13.6. The van der Waals surface area contributed by atoms with E-state index in [2.05, 4.69) is 9.97 Å². The van der Waals surface area contributed by atoms with Crippen molar-refractivity contribution in [1.82, 2.24) is 9.97 Å². The quantitative estimate of drug-likeness (QED) is 0.416. The summed E-state index contributed by atoms with van der Waals surface area (Å²) in [5, 5.41) is 0. The second-order valence-electron chi connectivity index (χ2n) is 6.53. The van der Waals surface area contributed by atoms with Gasteiger partial charge in [-0.15, -0.1) is 12.4 Å². The maximum Gasteiger partial charge on any atom is 0.159 e. The Hall–Kier alpha value is -3.18. The lowest BCUT2D eigenvalue weighted by atomic mass is 10.1. The monoisotopic (exact) mass is 412 g/mol. The van der Waals surface area contributed by atoms with Crippen molar-refractivity contribution < 1.29 is 13.5 Å². The molecule has 6 heteroatoms. The topological polar surface area (TPSA) is 37.9 Å².